The van der Waals surface area contributed by atoms with Gasteiger partial charge < -0.3 is 10.8 Å². The topological polar surface area (TPSA) is 94.0 Å². The minimum atomic E-state index is -0.851. The Morgan fingerprint density at radius 2 is 2.30 bits per heavy atom. The SMILES string of the molecule is CC(C1CC2CCC1C2)n1c(N)nnc1SCC(=O)O. The van der Waals surface area contributed by atoms with Crippen LogP contribution in [-0.2, 0) is 4.79 Å². The van der Waals surface area contributed by atoms with Crippen LogP contribution in [0, 0.1) is 17.8 Å². The minimum Gasteiger partial charge on any atom is -0.481 e. The van der Waals surface area contributed by atoms with Gasteiger partial charge in [-0.2, -0.15) is 0 Å². The Kier molecular flexibility index (Phi) is 3.62. The van der Waals surface area contributed by atoms with E-state index in [1.165, 1.54) is 37.4 Å². The van der Waals surface area contributed by atoms with Crippen LogP contribution in [0.15, 0.2) is 5.16 Å². The van der Waals surface area contributed by atoms with Crippen molar-refractivity contribution in [1.82, 2.24) is 14.8 Å². The van der Waals surface area contributed by atoms with Crippen molar-refractivity contribution in [1.29, 1.82) is 0 Å². The average molecular weight is 296 g/mol. The molecular weight excluding hydrogens is 276 g/mol. The van der Waals surface area contributed by atoms with E-state index in [0.29, 0.717) is 17.0 Å². The number of thioether (sulfide) groups is 1. The molecule has 0 spiro atoms. The fourth-order valence-electron chi connectivity index (χ4n) is 3.97. The number of aromatic nitrogens is 3. The fourth-order valence-corrected chi connectivity index (χ4v) is 4.72. The molecule has 1 heterocycles. The van der Waals surface area contributed by atoms with Crippen LogP contribution in [0.25, 0.3) is 0 Å². The van der Waals surface area contributed by atoms with Gasteiger partial charge in [-0.1, -0.05) is 18.2 Å². The van der Waals surface area contributed by atoms with E-state index in [0.717, 1.165) is 11.8 Å². The van der Waals surface area contributed by atoms with Crippen molar-refractivity contribution < 1.29 is 9.90 Å². The number of carboxylic acid groups (broad SMARTS) is 1. The highest BCUT2D eigenvalue weighted by Gasteiger charge is 2.43. The molecule has 2 aliphatic rings. The Balaban J connectivity index is 1.78. The number of fused-ring (bicyclic) bond motifs is 2. The summed E-state index contributed by atoms with van der Waals surface area (Å²) in [5.41, 5.74) is 5.94. The minimum absolute atomic E-state index is 0.0123. The molecule has 0 saturated heterocycles. The van der Waals surface area contributed by atoms with Crippen LogP contribution >= 0.6 is 11.8 Å². The van der Waals surface area contributed by atoms with Gasteiger partial charge in [-0.25, -0.2) is 0 Å². The monoisotopic (exact) mass is 296 g/mol. The quantitative estimate of drug-likeness (QED) is 0.807. The van der Waals surface area contributed by atoms with E-state index in [-0.39, 0.29) is 11.8 Å². The first-order valence-corrected chi connectivity index (χ1v) is 8.09. The molecule has 7 heteroatoms. The predicted molar refractivity (Wildman–Crippen MR) is 76.4 cm³/mol. The lowest BCUT2D eigenvalue weighted by molar-refractivity contribution is -0.133. The number of carboxylic acids is 1. The molecule has 1 aromatic rings. The molecule has 0 aromatic carbocycles. The number of nitrogens with two attached hydrogens (primary N) is 1. The second-order valence-electron chi connectivity index (χ2n) is 5.97. The first kappa shape index (κ1) is 13.7. The van der Waals surface area contributed by atoms with E-state index in [1.54, 1.807) is 0 Å². The van der Waals surface area contributed by atoms with E-state index in [2.05, 4.69) is 17.1 Å². The fraction of sp³-hybridized carbons (Fsp3) is 0.769. The van der Waals surface area contributed by atoms with Gasteiger partial charge in [0.05, 0.1) is 5.75 Å². The van der Waals surface area contributed by atoms with Crippen LogP contribution in [0.4, 0.5) is 5.95 Å². The summed E-state index contributed by atoms with van der Waals surface area (Å²) in [6.07, 6.45) is 5.28. The normalized spacial score (nSPS) is 29.8. The first-order valence-electron chi connectivity index (χ1n) is 7.11. The highest BCUT2D eigenvalue weighted by atomic mass is 32.2. The third-order valence-electron chi connectivity index (χ3n) is 4.84. The van der Waals surface area contributed by atoms with Crippen LogP contribution in [0.5, 0.6) is 0 Å². The molecule has 20 heavy (non-hydrogen) atoms. The largest absolute Gasteiger partial charge is 0.481 e. The summed E-state index contributed by atoms with van der Waals surface area (Å²) < 4.78 is 1.93. The third-order valence-corrected chi connectivity index (χ3v) is 5.76. The lowest BCUT2D eigenvalue weighted by Gasteiger charge is -2.29. The Morgan fingerprint density at radius 1 is 1.50 bits per heavy atom. The summed E-state index contributed by atoms with van der Waals surface area (Å²) in [6, 6.07) is 0.247. The van der Waals surface area contributed by atoms with Crippen LogP contribution in [-0.4, -0.2) is 31.6 Å². The molecule has 2 fully saturated rings. The zero-order chi connectivity index (χ0) is 14.3. The first-order chi connectivity index (χ1) is 9.56. The second-order valence-corrected chi connectivity index (χ2v) is 6.92. The number of anilines is 1. The zero-order valence-electron chi connectivity index (χ0n) is 11.5. The maximum absolute atomic E-state index is 10.7. The van der Waals surface area contributed by atoms with E-state index in [4.69, 9.17) is 10.8 Å². The summed E-state index contributed by atoms with van der Waals surface area (Å²) in [5, 5.41) is 17.4. The Hall–Kier alpha value is -1.24. The zero-order valence-corrected chi connectivity index (χ0v) is 12.3. The summed E-state index contributed by atoms with van der Waals surface area (Å²) in [6.45, 7) is 2.16. The van der Waals surface area contributed by atoms with E-state index >= 15 is 0 Å². The maximum Gasteiger partial charge on any atom is 0.313 e. The molecular formula is C13H20N4O2S. The summed E-state index contributed by atoms with van der Waals surface area (Å²) in [4.78, 5) is 10.7. The smallest absolute Gasteiger partial charge is 0.313 e. The molecule has 3 rings (SSSR count). The summed E-state index contributed by atoms with van der Waals surface area (Å²) >= 11 is 1.19. The number of hydrogen-bond acceptors (Lipinski definition) is 5. The number of nitrogens with zero attached hydrogens (tertiary/aromatic N) is 3. The van der Waals surface area contributed by atoms with E-state index in [1.807, 2.05) is 4.57 Å². The molecule has 6 nitrogen and oxygen atoms in total. The molecule has 3 N–H and O–H groups in total. The standard InChI is InChI=1S/C13H20N4O2S/c1-7(10-5-8-2-3-9(10)4-8)17-12(14)15-16-13(17)20-6-11(18)19/h7-10H,2-6H2,1H3,(H2,14,15)(H,18,19). The highest BCUT2D eigenvalue weighted by molar-refractivity contribution is 7.99. The molecule has 2 bridgehead atoms. The predicted octanol–water partition coefficient (Wildman–Crippen LogP) is 2.03. The van der Waals surface area contributed by atoms with Gasteiger partial charge in [-0.15, -0.1) is 10.2 Å². The highest BCUT2D eigenvalue weighted by Crippen LogP contribution is 2.52. The molecule has 110 valence electrons. The van der Waals surface area contributed by atoms with E-state index in [9.17, 15) is 4.79 Å². The molecule has 1 aromatic heterocycles. The Bertz CT molecular complexity index is 518. The molecule has 0 amide bonds. The molecule has 2 aliphatic carbocycles. The molecule has 2 saturated carbocycles. The molecule has 4 atom stereocenters. The number of rotatable bonds is 5. The van der Waals surface area contributed by atoms with Gasteiger partial charge in [0.2, 0.25) is 5.95 Å². The number of aliphatic carboxylic acids is 1. The van der Waals surface area contributed by atoms with Crippen LogP contribution in [0.2, 0.25) is 0 Å². The van der Waals surface area contributed by atoms with Crippen LogP contribution in [0.3, 0.4) is 0 Å². The Morgan fingerprint density at radius 3 is 2.90 bits per heavy atom. The Labute approximate surface area is 122 Å². The van der Waals surface area contributed by atoms with Crippen LogP contribution in [0.1, 0.15) is 38.6 Å². The molecule has 0 radical (unpaired) electrons. The molecule has 0 aliphatic heterocycles. The molecule has 4 unspecified atom stereocenters. The lowest BCUT2D eigenvalue weighted by Crippen LogP contribution is -2.23. The van der Waals surface area contributed by atoms with Gasteiger partial charge in [0, 0.05) is 6.04 Å². The maximum atomic E-state index is 10.7. The summed E-state index contributed by atoms with van der Waals surface area (Å²) in [7, 11) is 0. The number of hydrogen-bond donors (Lipinski definition) is 2. The van der Waals surface area contributed by atoms with Gasteiger partial charge in [-0.3, -0.25) is 9.36 Å². The van der Waals surface area contributed by atoms with Crippen molar-refractivity contribution in [2.45, 2.75) is 43.8 Å². The lowest BCUT2D eigenvalue weighted by atomic mass is 9.84. The van der Waals surface area contributed by atoms with Gasteiger partial charge in [-0.05, 0) is 43.9 Å². The van der Waals surface area contributed by atoms with Crippen molar-refractivity contribution in [3.05, 3.63) is 0 Å². The van der Waals surface area contributed by atoms with Gasteiger partial charge in [0.15, 0.2) is 5.16 Å². The van der Waals surface area contributed by atoms with Crippen molar-refractivity contribution >= 4 is 23.7 Å². The summed E-state index contributed by atoms with van der Waals surface area (Å²) in [5.74, 6) is 1.82. The van der Waals surface area contributed by atoms with Crippen molar-refractivity contribution in [2.75, 3.05) is 11.5 Å². The second kappa shape index (κ2) is 5.27. The third kappa shape index (κ3) is 2.39. The van der Waals surface area contributed by atoms with Gasteiger partial charge in [0.1, 0.15) is 0 Å². The van der Waals surface area contributed by atoms with Crippen molar-refractivity contribution in [3.63, 3.8) is 0 Å². The van der Waals surface area contributed by atoms with E-state index < -0.39 is 5.97 Å². The van der Waals surface area contributed by atoms with Gasteiger partial charge >= 0.3 is 5.97 Å². The van der Waals surface area contributed by atoms with Crippen LogP contribution < -0.4 is 5.73 Å². The average Bonchev–Trinajstić information content (AvgIpc) is 3.10. The number of carbonyl (C=O) groups is 1. The van der Waals surface area contributed by atoms with Gasteiger partial charge in [0.25, 0.3) is 0 Å². The van der Waals surface area contributed by atoms with Crippen molar-refractivity contribution in [3.8, 4) is 0 Å². The van der Waals surface area contributed by atoms with Crippen molar-refractivity contribution in [2.24, 2.45) is 17.8 Å². The number of nitrogen functional groups attached to an aromatic ring is 1.